The van der Waals surface area contributed by atoms with E-state index in [4.69, 9.17) is 10.00 Å². The average molecular weight is 199 g/mol. The Hall–Kier alpha value is -2.28. The van der Waals surface area contributed by atoms with Gasteiger partial charge in [-0.25, -0.2) is 0 Å². The maximum atomic E-state index is 8.86. The molecule has 1 heterocycles. The molecule has 0 aliphatic carbocycles. The summed E-state index contributed by atoms with van der Waals surface area (Å²) >= 11 is 0. The molecule has 0 spiro atoms. The number of aryl methyl sites for hydroxylation is 1. The number of aromatic nitrogens is 2. The topological polar surface area (TPSA) is 61.7 Å². The van der Waals surface area contributed by atoms with Crippen LogP contribution in [0.1, 0.15) is 11.3 Å². The van der Waals surface area contributed by atoms with Crippen molar-refractivity contribution in [2.45, 2.75) is 6.92 Å². The van der Waals surface area contributed by atoms with Crippen molar-refractivity contribution in [1.29, 1.82) is 5.26 Å². The van der Waals surface area contributed by atoms with Gasteiger partial charge in [-0.05, 0) is 19.1 Å². The van der Waals surface area contributed by atoms with E-state index >= 15 is 0 Å². The monoisotopic (exact) mass is 199 g/mol. The van der Waals surface area contributed by atoms with Crippen molar-refractivity contribution in [2.24, 2.45) is 0 Å². The molecule has 0 saturated carbocycles. The minimum atomic E-state index is 0.512. The number of aromatic amines is 1. The first-order chi connectivity index (χ1) is 7.31. The molecule has 74 valence electrons. The maximum absolute atomic E-state index is 8.86. The number of hydrogen-bond donors (Lipinski definition) is 1. The van der Waals surface area contributed by atoms with Gasteiger partial charge < -0.3 is 4.74 Å². The number of hydrogen-bond acceptors (Lipinski definition) is 3. The third-order valence-corrected chi connectivity index (χ3v) is 2.01. The second kappa shape index (κ2) is 3.84. The van der Waals surface area contributed by atoms with Crippen LogP contribution >= 0.6 is 0 Å². The van der Waals surface area contributed by atoms with E-state index in [9.17, 15) is 0 Å². The summed E-state index contributed by atoms with van der Waals surface area (Å²) in [5, 5.41) is 15.5. The van der Waals surface area contributed by atoms with Crippen molar-refractivity contribution >= 4 is 0 Å². The van der Waals surface area contributed by atoms with Crippen LogP contribution in [-0.2, 0) is 0 Å². The van der Waals surface area contributed by atoms with Gasteiger partial charge in [-0.15, -0.1) is 0 Å². The molecular weight excluding hydrogens is 190 g/mol. The zero-order valence-corrected chi connectivity index (χ0v) is 8.19. The van der Waals surface area contributed by atoms with Crippen molar-refractivity contribution in [1.82, 2.24) is 10.2 Å². The summed E-state index contributed by atoms with van der Waals surface area (Å²) in [7, 11) is 0. The Morgan fingerprint density at radius 1 is 1.33 bits per heavy atom. The summed E-state index contributed by atoms with van der Waals surface area (Å²) in [6.07, 6.45) is 1.59. The van der Waals surface area contributed by atoms with Crippen LogP contribution in [0.3, 0.4) is 0 Å². The maximum Gasteiger partial charge on any atom is 0.167 e. The molecule has 0 amide bonds. The van der Waals surface area contributed by atoms with Gasteiger partial charge in [0.15, 0.2) is 5.75 Å². The molecular formula is C11H9N3O. The molecule has 0 unspecified atom stereocenters. The summed E-state index contributed by atoms with van der Waals surface area (Å²) in [6, 6.07) is 9.16. The van der Waals surface area contributed by atoms with E-state index in [1.165, 1.54) is 0 Å². The van der Waals surface area contributed by atoms with Gasteiger partial charge >= 0.3 is 0 Å². The van der Waals surface area contributed by atoms with Gasteiger partial charge in [0.2, 0.25) is 0 Å². The lowest BCUT2D eigenvalue weighted by Crippen LogP contribution is -1.87. The molecule has 4 heteroatoms. The Morgan fingerprint density at radius 2 is 2.13 bits per heavy atom. The van der Waals surface area contributed by atoms with Gasteiger partial charge in [0.25, 0.3) is 0 Å². The predicted octanol–water partition coefficient (Wildman–Crippen LogP) is 2.38. The minimum Gasteiger partial charge on any atom is -0.452 e. The van der Waals surface area contributed by atoms with Crippen LogP contribution in [0.15, 0.2) is 30.5 Å². The lowest BCUT2D eigenvalue weighted by Gasteiger charge is -2.04. The van der Waals surface area contributed by atoms with Gasteiger partial charge in [-0.1, -0.05) is 12.1 Å². The van der Waals surface area contributed by atoms with Crippen LogP contribution < -0.4 is 4.74 Å². The quantitative estimate of drug-likeness (QED) is 0.807. The fraction of sp³-hybridized carbons (Fsp3) is 0.0909. The highest BCUT2D eigenvalue weighted by Gasteiger charge is 2.06. The molecule has 1 N–H and O–H groups in total. The van der Waals surface area contributed by atoms with Crippen molar-refractivity contribution in [3.8, 4) is 17.6 Å². The summed E-state index contributed by atoms with van der Waals surface area (Å²) in [5.41, 5.74) is 1.35. The molecule has 0 aliphatic rings. The number of nitriles is 1. The molecule has 1 aromatic heterocycles. The number of nitrogens with zero attached hydrogens (tertiary/aromatic N) is 2. The van der Waals surface area contributed by atoms with Gasteiger partial charge in [-0.3, -0.25) is 5.10 Å². The lowest BCUT2D eigenvalue weighted by molar-refractivity contribution is 0.477. The smallest absolute Gasteiger partial charge is 0.167 e. The molecule has 0 aliphatic heterocycles. The van der Waals surface area contributed by atoms with E-state index in [1.54, 1.807) is 24.4 Å². The molecule has 4 nitrogen and oxygen atoms in total. The molecule has 0 bridgehead atoms. The van der Waals surface area contributed by atoms with Crippen LogP contribution in [0.25, 0.3) is 0 Å². The molecule has 0 saturated heterocycles. The van der Waals surface area contributed by atoms with Gasteiger partial charge in [0.05, 0.1) is 17.5 Å². The standard InChI is InChI=1S/C11H9N3O/c1-8-11(7-13-14-8)15-10-5-3-2-4-9(10)6-12/h2-5,7H,1H3,(H,13,14). The summed E-state index contributed by atoms with van der Waals surface area (Å²) in [4.78, 5) is 0. The number of rotatable bonds is 2. The molecule has 0 radical (unpaired) electrons. The number of nitrogens with one attached hydrogen (secondary N) is 1. The molecule has 0 atom stereocenters. The van der Waals surface area contributed by atoms with Gasteiger partial charge in [-0.2, -0.15) is 10.4 Å². The number of ether oxygens (including phenoxy) is 1. The Morgan fingerprint density at radius 3 is 2.80 bits per heavy atom. The van der Waals surface area contributed by atoms with Crippen LogP contribution in [0.2, 0.25) is 0 Å². The van der Waals surface area contributed by atoms with E-state index in [0.717, 1.165) is 5.69 Å². The van der Waals surface area contributed by atoms with Gasteiger partial charge in [0, 0.05) is 0 Å². The van der Waals surface area contributed by atoms with Crippen molar-refractivity contribution in [3.63, 3.8) is 0 Å². The number of H-pyrrole nitrogens is 1. The molecule has 2 rings (SSSR count). The highest BCUT2D eigenvalue weighted by Crippen LogP contribution is 2.25. The molecule has 2 aromatic rings. The predicted molar refractivity (Wildman–Crippen MR) is 54.6 cm³/mol. The molecule has 15 heavy (non-hydrogen) atoms. The molecule has 1 aromatic carbocycles. The third-order valence-electron chi connectivity index (χ3n) is 2.01. The summed E-state index contributed by atoms with van der Waals surface area (Å²) in [5.74, 6) is 1.18. The Labute approximate surface area is 87.1 Å². The van der Waals surface area contributed by atoms with Crippen LogP contribution in [0, 0.1) is 18.3 Å². The van der Waals surface area contributed by atoms with E-state index in [0.29, 0.717) is 17.1 Å². The minimum absolute atomic E-state index is 0.512. The van der Waals surface area contributed by atoms with Crippen molar-refractivity contribution in [2.75, 3.05) is 0 Å². The Bertz CT molecular complexity index is 511. The van der Waals surface area contributed by atoms with E-state index in [1.807, 2.05) is 13.0 Å². The van der Waals surface area contributed by atoms with Crippen LogP contribution in [0.4, 0.5) is 0 Å². The summed E-state index contributed by atoms with van der Waals surface area (Å²) < 4.78 is 5.55. The number of benzene rings is 1. The normalized spacial score (nSPS) is 9.60. The zero-order valence-electron chi connectivity index (χ0n) is 8.19. The SMILES string of the molecule is Cc1[nH]ncc1Oc1ccccc1C#N. The second-order valence-electron chi connectivity index (χ2n) is 3.07. The largest absolute Gasteiger partial charge is 0.452 e. The first kappa shape index (κ1) is 9.28. The third kappa shape index (κ3) is 1.81. The average Bonchev–Trinajstić information content (AvgIpc) is 2.65. The van der Waals surface area contributed by atoms with Gasteiger partial charge in [0.1, 0.15) is 11.8 Å². The fourth-order valence-electron chi connectivity index (χ4n) is 1.21. The van der Waals surface area contributed by atoms with E-state index in [-0.39, 0.29) is 0 Å². The highest BCUT2D eigenvalue weighted by molar-refractivity contribution is 5.45. The van der Waals surface area contributed by atoms with E-state index < -0.39 is 0 Å². The van der Waals surface area contributed by atoms with E-state index in [2.05, 4.69) is 16.3 Å². The second-order valence-corrected chi connectivity index (χ2v) is 3.07. The highest BCUT2D eigenvalue weighted by atomic mass is 16.5. The van der Waals surface area contributed by atoms with Crippen molar-refractivity contribution in [3.05, 3.63) is 41.7 Å². The fourth-order valence-corrected chi connectivity index (χ4v) is 1.21. The molecule has 0 fully saturated rings. The zero-order chi connectivity index (χ0) is 10.7. The van der Waals surface area contributed by atoms with Crippen LogP contribution in [-0.4, -0.2) is 10.2 Å². The Kier molecular flexibility index (Phi) is 2.38. The first-order valence-electron chi connectivity index (χ1n) is 4.48. The summed E-state index contributed by atoms with van der Waals surface area (Å²) in [6.45, 7) is 1.86. The van der Waals surface area contributed by atoms with Crippen LogP contribution in [0.5, 0.6) is 11.5 Å². The lowest BCUT2D eigenvalue weighted by atomic mass is 10.2. The van der Waals surface area contributed by atoms with Crippen molar-refractivity contribution < 1.29 is 4.74 Å². The Balaban J connectivity index is 2.33. The first-order valence-corrected chi connectivity index (χ1v) is 4.48. The number of para-hydroxylation sites is 1.